The molecule has 0 saturated carbocycles. The Morgan fingerprint density at radius 3 is 2.18 bits per heavy atom. The molecule has 0 aliphatic rings. The Bertz CT molecular complexity index is 1350. The van der Waals surface area contributed by atoms with Gasteiger partial charge in [0.2, 0.25) is 21.8 Å². The van der Waals surface area contributed by atoms with Crippen LogP contribution in [0.2, 0.25) is 0 Å². The van der Waals surface area contributed by atoms with Crippen molar-refractivity contribution in [3.63, 3.8) is 0 Å². The Labute approximate surface area is 230 Å². The maximum Gasteiger partial charge on any atom is 0.244 e. The van der Waals surface area contributed by atoms with Crippen LogP contribution in [0.3, 0.4) is 0 Å². The Morgan fingerprint density at radius 2 is 1.56 bits per heavy atom. The molecular weight excluding hydrogens is 517 g/mol. The summed E-state index contributed by atoms with van der Waals surface area (Å²) in [4.78, 5) is 28.9. The van der Waals surface area contributed by atoms with Crippen molar-refractivity contribution in [3.05, 3.63) is 101 Å². The van der Waals surface area contributed by atoms with Crippen molar-refractivity contribution in [2.75, 3.05) is 23.7 Å². The fraction of sp³-hybridized carbons (Fsp3) is 0.333. The molecule has 3 aromatic rings. The van der Waals surface area contributed by atoms with Gasteiger partial charge in [0, 0.05) is 19.5 Å². The van der Waals surface area contributed by atoms with Crippen molar-refractivity contribution in [1.29, 1.82) is 0 Å². The fourth-order valence-electron chi connectivity index (χ4n) is 4.28. The van der Waals surface area contributed by atoms with Gasteiger partial charge in [-0.15, -0.1) is 0 Å². The van der Waals surface area contributed by atoms with E-state index in [0.29, 0.717) is 23.4 Å². The predicted molar refractivity (Wildman–Crippen MR) is 152 cm³/mol. The third-order valence-corrected chi connectivity index (χ3v) is 7.56. The molecule has 7 nitrogen and oxygen atoms in total. The molecule has 0 aliphatic heterocycles. The number of benzene rings is 3. The van der Waals surface area contributed by atoms with E-state index in [2.05, 4.69) is 5.32 Å². The second kappa shape index (κ2) is 13.9. The van der Waals surface area contributed by atoms with Gasteiger partial charge in [-0.3, -0.25) is 13.9 Å². The summed E-state index contributed by atoms with van der Waals surface area (Å²) in [6.07, 6.45) is 2.96. The molecule has 2 amide bonds. The number of nitrogens with zero attached hydrogens (tertiary/aromatic N) is 2. The standard InChI is InChI=1S/C30H36FN3O4S/c1-4-5-19-32-30(36)28(20-24-12-7-6-8-13-24)33(21-25-15-17-26(31)18-16-25)29(35)22-34(39(3,37)38)27-14-10-9-11-23(27)2/h6-18,28H,4-5,19-22H2,1-3H3,(H,32,36)/t28-/m0/s1. The first-order valence-corrected chi connectivity index (χ1v) is 14.8. The van der Waals surface area contributed by atoms with E-state index in [4.69, 9.17) is 0 Å². The van der Waals surface area contributed by atoms with Gasteiger partial charge >= 0.3 is 0 Å². The Morgan fingerprint density at radius 1 is 0.923 bits per heavy atom. The zero-order valence-corrected chi connectivity index (χ0v) is 23.5. The third kappa shape index (κ3) is 8.64. The first-order chi connectivity index (χ1) is 18.6. The van der Waals surface area contributed by atoms with Crippen LogP contribution in [0.15, 0.2) is 78.9 Å². The lowest BCUT2D eigenvalue weighted by molar-refractivity contribution is -0.140. The van der Waals surface area contributed by atoms with Gasteiger partial charge in [0.25, 0.3) is 0 Å². The second-order valence-corrected chi connectivity index (χ2v) is 11.5. The zero-order chi connectivity index (χ0) is 28.4. The van der Waals surface area contributed by atoms with E-state index < -0.39 is 34.3 Å². The van der Waals surface area contributed by atoms with Crippen molar-refractivity contribution >= 4 is 27.5 Å². The van der Waals surface area contributed by atoms with Crippen molar-refractivity contribution < 1.29 is 22.4 Å². The average molecular weight is 554 g/mol. The molecule has 9 heteroatoms. The van der Waals surface area contributed by atoms with Crippen LogP contribution in [0.4, 0.5) is 10.1 Å². The first kappa shape index (κ1) is 29.8. The van der Waals surface area contributed by atoms with Gasteiger partial charge in [0.1, 0.15) is 18.4 Å². The minimum Gasteiger partial charge on any atom is -0.354 e. The summed E-state index contributed by atoms with van der Waals surface area (Å²) >= 11 is 0. The number of para-hydroxylation sites is 1. The van der Waals surface area contributed by atoms with Gasteiger partial charge in [-0.25, -0.2) is 12.8 Å². The van der Waals surface area contributed by atoms with Gasteiger partial charge in [-0.1, -0.05) is 74.0 Å². The summed E-state index contributed by atoms with van der Waals surface area (Å²) in [5.41, 5.74) is 2.55. The average Bonchev–Trinajstić information content (AvgIpc) is 2.91. The van der Waals surface area contributed by atoms with E-state index >= 15 is 0 Å². The molecule has 0 radical (unpaired) electrons. The number of carbonyl (C=O) groups is 2. The number of amides is 2. The van der Waals surface area contributed by atoms with E-state index in [1.165, 1.54) is 17.0 Å². The van der Waals surface area contributed by atoms with Crippen molar-refractivity contribution in [3.8, 4) is 0 Å². The number of nitrogens with one attached hydrogen (secondary N) is 1. The molecule has 0 saturated heterocycles. The number of sulfonamides is 1. The normalized spacial score (nSPS) is 12.0. The number of anilines is 1. The van der Waals surface area contributed by atoms with Crippen LogP contribution >= 0.6 is 0 Å². The molecule has 0 aromatic heterocycles. The molecule has 1 atom stereocenters. The highest BCUT2D eigenvalue weighted by Gasteiger charge is 2.33. The van der Waals surface area contributed by atoms with Crippen LogP contribution in [0.25, 0.3) is 0 Å². The van der Waals surface area contributed by atoms with Gasteiger partial charge < -0.3 is 10.2 Å². The van der Waals surface area contributed by atoms with Crippen molar-refractivity contribution in [2.45, 2.75) is 45.7 Å². The molecule has 0 fully saturated rings. The second-order valence-electron chi connectivity index (χ2n) is 9.55. The number of carbonyl (C=O) groups excluding carboxylic acids is 2. The van der Waals surface area contributed by atoms with E-state index in [0.717, 1.165) is 29.0 Å². The SMILES string of the molecule is CCCCNC(=O)[C@H](Cc1ccccc1)N(Cc1ccc(F)cc1)C(=O)CN(c1ccccc1C)S(C)(=O)=O. The predicted octanol–water partition coefficient (Wildman–Crippen LogP) is 4.46. The quantitative estimate of drug-likeness (QED) is 0.317. The lowest BCUT2D eigenvalue weighted by Crippen LogP contribution is -2.53. The molecule has 0 heterocycles. The molecule has 0 spiro atoms. The van der Waals surface area contributed by atoms with E-state index in [1.807, 2.05) is 37.3 Å². The Balaban J connectivity index is 2.03. The summed E-state index contributed by atoms with van der Waals surface area (Å²) in [5.74, 6) is -1.29. The first-order valence-electron chi connectivity index (χ1n) is 13.0. The highest BCUT2D eigenvalue weighted by Crippen LogP contribution is 2.23. The van der Waals surface area contributed by atoms with Crippen LogP contribution in [0.5, 0.6) is 0 Å². The minimum atomic E-state index is -3.83. The monoisotopic (exact) mass is 553 g/mol. The molecule has 208 valence electrons. The molecule has 39 heavy (non-hydrogen) atoms. The Kier molecular flexibility index (Phi) is 10.6. The maximum absolute atomic E-state index is 14.0. The van der Waals surface area contributed by atoms with Gasteiger partial charge in [0.15, 0.2) is 0 Å². The number of rotatable bonds is 13. The summed E-state index contributed by atoms with van der Waals surface area (Å²) in [6.45, 7) is 3.76. The zero-order valence-electron chi connectivity index (χ0n) is 22.6. The topological polar surface area (TPSA) is 86.8 Å². The van der Waals surface area contributed by atoms with E-state index in [-0.39, 0.29) is 18.9 Å². The highest BCUT2D eigenvalue weighted by molar-refractivity contribution is 7.92. The number of hydrogen-bond acceptors (Lipinski definition) is 4. The lowest BCUT2D eigenvalue weighted by atomic mass is 10.0. The van der Waals surface area contributed by atoms with Crippen molar-refractivity contribution in [1.82, 2.24) is 10.2 Å². The fourth-order valence-corrected chi connectivity index (χ4v) is 5.19. The number of aryl methyl sites for hydroxylation is 1. The van der Waals surface area contributed by atoms with E-state index in [9.17, 15) is 22.4 Å². The summed E-state index contributed by atoms with van der Waals surface area (Å²) in [7, 11) is -3.83. The molecule has 3 rings (SSSR count). The van der Waals surface area contributed by atoms with Crippen LogP contribution in [-0.4, -0.2) is 50.5 Å². The van der Waals surface area contributed by atoms with Crippen LogP contribution in [0.1, 0.15) is 36.5 Å². The molecule has 0 aliphatic carbocycles. The smallest absolute Gasteiger partial charge is 0.244 e. The number of halogens is 1. The number of hydrogen-bond donors (Lipinski definition) is 1. The van der Waals surface area contributed by atoms with Crippen molar-refractivity contribution in [2.24, 2.45) is 0 Å². The molecule has 0 bridgehead atoms. The van der Waals surface area contributed by atoms with Crippen LogP contribution < -0.4 is 9.62 Å². The molecule has 3 aromatic carbocycles. The molecule has 0 unspecified atom stereocenters. The summed E-state index contributed by atoms with van der Waals surface area (Å²) < 4.78 is 40.4. The largest absolute Gasteiger partial charge is 0.354 e. The minimum absolute atomic E-state index is 0.00316. The summed E-state index contributed by atoms with van der Waals surface area (Å²) in [5, 5.41) is 2.93. The maximum atomic E-state index is 14.0. The highest BCUT2D eigenvalue weighted by atomic mass is 32.2. The van der Waals surface area contributed by atoms with Gasteiger partial charge in [-0.05, 0) is 48.2 Å². The van der Waals surface area contributed by atoms with Gasteiger partial charge in [-0.2, -0.15) is 0 Å². The Hall–Kier alpha value is -3.72. The summed E-state index contributed by atoms with van der Waals surface area (Å²) in [6, 6.07) is 21.0. The molecular formula is C30H36FN3O4S. The third-order valence-electron chi connectivity index (χ3n) is 6.43. The number of unbranched alkanes of at least 4 members (excludes halogenated alkanes) is 1. The van der Waals surface area contributed by atoms with Gasteiger partial charge in [0.05, 0.1) is 11.9 Å². The lowest BCUT2D eigenvalue weighted by Gasteiger charge is -2.33. The van der Waals surface area contributed by atoms with Crippen LogP contribution in [-0.2, 0) is 32.6 Å². The molecule has 1 N–H and O–H groups in total. The van der Waals surface area contributed by atoms with E-state index in [1.54, 1.807) is 43.3 Å². The van der Waals surface area contributed by atoms with Crippen LogP contribution in [0, 0.1) is 12.7 Å².